The highest BCUT2D eigenvalue weighted by molar-refractivity contribution is 5.84. The van der Waals surface area contributed by atoms with E-state index in [-0.39, 0.29) is 0 Å². The van der Waals surface area contributed by atoms with Crippen LogP contribution in [0.4, 0.5) is 5.82 Å². The van der Waals surface area contributed by atoms with Gasteiger partial charge < -0.3 is 10.7 Å². The minimum atomic E-state index is 0.322. The number of H-pyrrole nitrogens is 1. The molecule has 3 rings (SSSR count). The minimum absolute atomic E-state index is 0.322. The van der Waals surface area contributed by atoms with Crippen LogP contribution < -0.4 is 5.73 Å². The molecule has 0 atom stereocenters. The number of imidazole rings is 1. The van der Waals surface area contributed by atoms with Crippen LogP contribution in [-0.2, 0) is 0 Å². The Bertz CT molecular complexity index is 730. The van der Waals surface area contributed by atoms with Crippen molar-refractivity contribution in [3.05, 3.63) is 36.3 Å². The van der Waals surface area contributed by atoms with Crippen molar-refractivity contribution in [2.45, 2.75) is 0 Å². The first-order valence-corrected chi connectivity index (χ1v) is 4.97. The second-order valence-corrected chi connectivity index (χ2v) is 3.54. The zero-order valence-corrected chi connectivity index (χ0v) is 8.75. The Hall–Kier alpha value is -2.81. The first kappa shape index (κ1) is 9.42. The molecule has 6 heteroatoms. The second kappa shape index (κ2) is 3.35. The molecular weight excluding hydrogens is 216 g/mol. The molecule has 0 fully saturated rings. The third-order valence-corrected chi connectivity index (χ3v) is 2.58. The Morgan fingerprint density at radius 2 is 2.29 bits per heavy atom. The van der Waals surface area contributed by atoms with Gasteiger partial charge in [0, 0.05) is 0 Å². The van der Waals surface area contributed by atoms with Gasteiger partial charge in [-0.2, -0.15) is 10.4 Å². The summed E-state index contributed by atoms with van der Waals surface area (Å²) < 4.78 is 1.52. The van der Waals surface area contributed by atoms with Crippen LogP contribution in [0.1, 0.15) is 5.56 Å². The van der Waals surface area contributed by atoms with Gasteiger partial charge >= 0.3 is 0 Å². The zero-order chi connectivity index (χ0) is 11.8. The largest absolute Gasteiger partial charge is 0.382 e. The third kappa shape index (κ3) is 1.26. The van der Waals surface area contributed by atoms with Gasteiger partial charge in [-0.05, 0) is 12.1 Å². The maximum Gasteiger partial charge on any atom is 0.145 e. The van der Waals surface area contributed by atoms with E-state index in [0.717, 1.165) is 16.7 Å². The molecule has 0 radical (unpaired) electrons. The molecule has 0 saturated heterocycles. The molecular formula is C11H8N6. The van der Waals surface area contributed by atoms with Crippen molar-refractivity contribution in [1.29, 1.82) is 5.26 Å². The molecule has 82 valence electrons. The average molecular weight is 224 g/mol. The van der Waals surface area contributed by atoms with Crippen molar-refractivity contribution in [2.75, 3.05) is 5.73 Å². The van der Waals surface area contributed by atoms with Crippen LogP contribution in [-0.4, -0.2) is 19.7 Å². The summed E-state index contributed by atoms with van der Waals surface area (Å²) in [6.45, 7) is 0. The Kier molecular flexibility index (Phi) is 1.86. The monoisotopic (exact) mass is 224 g/mol. The van der Waals surface area contributed by atoms with Crippen LogP contribution in [0, 0.1) is 11.3 Å². The molecule has 3 aromatic rings. The van der Waals surface area contributed by atoms with Crippen LogP contribution in [0.3, 0.4) is 0 Å². The van der Waals surface area contributed by atoms with Crippen molar-refractivity contribution in [2.24, 2.45) is 0 Å². The second-order valence-electron chi connectivity index (χ2n) is 3.54. The number of para-hydroxylation sites is 1. The van der Waals surface area contributed by atoms with Gasteiger partial charge in [-0.1, -0.05) is 6.07 Å². The van der Waals surface area contributed by atoms with Gasteiger partial charge in [0.2, 0.25) is 0 Å². The number of anilines is 1. The number of benzene rings is 1. The van der Waals surface area contributed by atoms with E-state index in [0.29, 0.717) is 11.4 Å². The highest BCUT2D eigenvalue weighted by Crippen LogP contribution is 2.22. The number of nitrogen functional groups attached to an aromatic ring is 1. The van der Waals surface area contributed by atoms with Gasteiger partial charge in [-0.25, -0.2) is 9.67 Å². The molecule has 6 nitrogen and oxygen atoms in total. The number of nitrogens with zero attached hydrogens (tertiary/aromatic N) is 4. The maximum absolute atomic E-state index is 8.85. The average Bonchev–Trinajstić information content (AvgIpc) is 2.94. The number of rotatable bonds is 1. The summed E-state index contributed by atoms with van der Waals surface area (Å²) in [5.74, 6) is 0.322. The van der Waals surface area contributed by atoms with Crippen LogP contribution in [0.25, 0.3) is 16.7 Å². The van der Waals surface area contributed by atoms with Crippen LogP contribution in [0.15, 0.2) is 30.7 Å². The van der Waals surface area contributed by atoms with Crippen LogP contribution >= 0.6 is 0 Å². The Balaban J connectivity index is 2.31. The first-order chi connectivity index (χ1) is 8.31. The highest BCUT2D eigenvalue weighted by atomic mass is 15.3. The normalized spacial score (nSPS) is 10.5. The molecule has 0 aliphatic carbocycles. The summed E-state index contributed by atoms with van der Waals surface area (Å²) in [6.07, 6.45) is 3.06. The SMILES string of the molecule is N#Cc1cnn(-c2cccc3[nH]cnc23)c1N. The minimum Gasteiger partial charge on any atom is -0.382 e. The van der Waals surface area contributed by atoms with Gasteiger partial charge in [0.25, 0.3) is 0 Å². The molecule has 0 saturated carbocycles. The fourth-order valence-corrected chi connectivity index (χ4v) is 1.76. The highest BCUT2D eigenvalue weighted by Gasteiger charge is 2.11. The van der Waals surface area contributed by atoms with E-state index in [1.54, 1.807) is 6.33 Å². The van der Waals surface area contributed by atoms with E-state index < -0.39 is 0 Å². The molecule has 2 heterocycles. The fourth-order valence-electron chi connectivity index (χ4n) is 1.76. The topological polar surface area (TPSA) is 96.3 Å². The summed E-state index contributed by atoms with van der Waals surface area (Å²) >= 11 is 0. The third-order valence-electron chi connectivity index (χ3n) is 2.58. The molecule has 3 N–H and O–H groups in total. The predicted molar refractivity (Wildman–Crippen MR) is 62.3 cm³/mol. The lowest BCUT2D eigenvalue weighted by molar-refractivity contribution is 0.896. The number of nitrogens with two attached hydrogens (primary N) is 1. The number of fused-ring (bicyclic) bond motifs is 1. The number of aromatic nitrogens is 4. The van der Waals surface area contributed by atoms with Crippen molar-refractivity contribution in [3.8, 4) is 11.8 Å². The number of aromatic amines is 1. The zero-order valence-electron chi connectivity index (χ0n) is 8.75. The predicted octanol–water partition coefficient (Wildman–Crippen LogP) is 1.20. The number of hydrogen-bond acceptors (Lipinski definition) is 4. The Morgan fingerprint density at radius 1 is 1.41 bits per heavy atom. The maximum atomic E-state index is 8.85. The quantitative estimate of drug-likeness (QED) is 0.649. The van der Waals surface area contributed by atoms with E-state index in [9.17, 15) is 0 Å². The summed E-state index contributed by atoms with van der Waals surface area (Å²) in [6, 6.07) is 7.64. The van der Waals surface area contributed by atoms with E-state index in [1.165, 1.54) is 10.9 Å². The van der Waals surface area contributed by atoms with Crippen LogP contribution in [0.5, 0.6) is 0 Å². The lowest BCUT2D eigenvalue weighted by Crippen LogP contribution is -2.03. The fraction of sp³-hybridized carbons (Fsp3) is 0. The molecule has 0 bridgehead atoms. The Morgan fingerprint density at radius 3 is 3.06 bits per heavy atom. The van der Waals surface area contributed by atoms with Crippen molar-refractivity contribution >= 4 is 16.9 Å². The molecule has 0 aliphatic heterocycles. The smallest absolute Gasteiger partial charge is 0.145 e. The Labute approximate surface area is 96.3 Å². The lowest BCUT2D eigenvalue weighted by atomic mass is 10.2. The molecule has 17 heavy (non-hydrogen) atoms. The lowest BCUT2D eigenvalue weighted by Gasteiger charge is -2.04. The summed E-state index contributed by atoms with van der Waals surface area (Å²) in [4.78, 5) is 7.23. The molecule has 0 amide bonds. The van der Waals surface area contributed by atoms with E-state index in [1.807, 2.05) is 24.3 Å². The first-order valence-electron chi connectivity index (χ1n) is 4.97. The molecule has 2 aromatic heterocycles. The van der Waals surface area contributed by atoms with Crippen molar-refractivity contribution in [3.63, 3.8) is 0 Å². The van der Waals surface area contributed by atoms with Gasteiger partial charge in [0.05, 0.1) is 23.7 Å². The molecule has 0 aliphatic rings. The number of nitrogens with one attached hydrogen (secondary N) is 1. The van der Waals surface area contributed by atoms with Gasteiger partial charge in [0.15, 0.2) is 0 Å². The van der Waals surface area contributed by atoms with E-state index >= 15 is 0 Å². The van der Waals surface area contributed by atoms with Crippen molar-refractivity contribution in [1.82, 2.24) is 19.7 Å². The van der Waals surface area contributed by atoms with Crippen LogP contribution in [0.2, 0.25) is 0 Å². The summed E-state index contributed by atoms with van der Waals surface area (Å²) in [7, 11) is 0. The molecule has 0 unspecified atom stereocenters. The van der Waals surface area contributed by atoms with Gasteiger partial charge in [0.1, 0.15) is 23.0 Å². The van der Waals surface area contributed by atoms with E-state index in [4.69, 9.17) is 11.0 Å². The summed E-state index contributed by atoms with van der Waals surface area (Å²) in [5.41, 5.74) is 8.63. The van der Waals surface area contributed by atoms with E-state index in [2.05, 4.69) is 15.1 Å². The van der Waals surface area contributed by atoms with Gasteiger partial charge in [-0.15, -0.1) is 0 Å². The number of hydrogen-bond donors (Lipinski definition) is 2. The van der Waals surface area contributed by atoms with Crippen molar-refractivity contribution < 1.29 is 0 Å². The molecule has 1 aromatic carbocycles. The molecule has 0 spiro atoms. The standard InChI is InChI=1S/C11H8N6/c12-4-7-5-16-17(11(7)13)9-3-1-2-8-10(9)15-6-14-8/h1-3,5-6H,13H2,(H,14,15). The van der Waals surface area contributed by atoms with Gasteiger partial charge in [-0.3, -0.25) is 0 Å². The number of nitriles is 1. The summed E-state index contributed by atoms with van der Waals surface area (Å²) in [5, 5.41) is 12.9.